The quantitative estimate of drug-likeness (QED) is 0.630. The van der Waals surface area contributed by atoms with E-state index in [9.17, 15) is 4.79 Å². The van der Waals surface area contributed by atoms with Gasteiger partial charge in [-0.3, -0.25) is 9.78 Å². The lowest BCUT2D eigenvalue weighted by molar-refractivity contribution is 0.0965. The summed E-state index contributed by atoms with van der Waals surface area (Å²) < 4.78 is 17.2. The molecule has 9 heteroatoms. The molecule has 1 unspecified atom stereocenters. The summed E-state index contributed by atoms with van der Waals surface area (Å²) >= 11 is 3.25. The number of pyridine rings is 1. The zero-order chi connectivity index (χ0) is 20.4. The highest BCUT2D eigenvalue weighted by molar-refractivity contribution is 8.03. The topological polar surface area (TPSA) is 82.6 Å². The molecule has 7 nitrogen and oxygen atoms in total. The summed E-state index contributed by atoms with van der Waals surface area (Å²) in [7, 11) is 4.54. The molecule has 2 aromatic heterocycles. The van der Waals surface area contributed by atoms with Crippen molar-refractivity contribution >= 4 is 39.2 Å². The van der Waals surface area contributed by atoms with Crippen LogP contribution in [0.25, 0.3) is 10.2 Å². The van der Waals surface area contributed by atoms with Crippen LogP contribution in [0, 0.1) is 0 Å². The number of methoxy groups -OCH3 is 3. The van der Waals surface area contributed by atoms with E-state index >= 15 is 0 Å². The minimum atomic E-state index is -0.268. The van der Waals surface area contributed by atoms with Crippen molar-refractivity contribution in [3.8, 4) is 17.2 Å². The van der Waals surface area contributed by atoms with Crippen molar-refractivity contribution in [2.24, 2.45) is 0 Å². The Hall–Kier alpha value is -2.78. The summed E-state index contributed by atoms with van der Waals surface area (Å²) in [6.45, 7) is 0. The third kappa shape index (κ3) is 3.75. The number of thioether (sulfide) groups is 1. The summed E-state index contributed by atoms with van der Waals surface area (Å²) in [5, 5.41) is 4.97. The van der Waals surface area contributed by atoms with E-state index in [-0.39, 0.29) is 11.2 Å². The van der Waals surface area contributed by atoms with Gasteiger partial charge < -0.3 is 19.5 Å². The molecule has 0 radical (unpaired) electrons. The van der Waals surface area contributed by atoms with Gasteiger partial charge in [-0.2, -0.15) is 0 Å². The molecule has 0 aliphatic carbocycles. The van der Waals surface area contributed by atoms with Crippen LogP contribution in [0.1, 0.15) is 27.0 Å². The molecule has 1 amide bonds. The number of ether oxygens (including phenoxy) is 3. The van der Waals surface area contributed by atoms with Crippen LogP contribution in [0.3, 0.4) is 0 Å². The minimum Gasteiger partial charge on any atom is -0.493 e. The highest BCUT2D eigenvalue weighted by Crippen LogP contribution is 2.45. The van der Waals surface area contributed by atoms with Crippen molar-refractivity contribution in [2.45, 2.75) is 11.7 Å². The van der Waals surface area contributed by atoms with Crippen LogP contribution in [-0.2, 0) is 0 Å². The number of aromatic nitrogens is 2. The van der Waals surface area contributed by atoms with E-state index in [1.165, 1.54) is 21.3 Å². The number of fused-ring (bicyclic) bond motifs is 1. The Morgan fingerprint density at radius 2 is 1.97 bits per heavy atom. The summed E-state index contributed by atoms with van der Waals surface area (Å²) in [4.78, 5) is 21.7. The molecule has 29 heavy (non-hydrogen) atoms. The maximum absolute atomic E-state index is 12.9. The van der Waals surface area contributed by atoms with E-state index in [1.807, 2.05) is 12.1 Å². The van der Waals surface area contributed by atoms with Gasteiger partial charge in [0.15, 0.2) is 11.5 Å². The average Bonchev–Trinajstić information content (AvgIpc) is 3.38. The van der Waals surface area contributed by atoms with Gasteiger partial charge in [0.05, 0.1) is 53.6 Å². The predicted octanol–water partition coefficient (Wildman–Crippen LogP) is 4.17. The lowest BCUT2D eigenvalue weighted by atomic mass is 10.1. The zero-order valence-electron chi connectivity index (χ0n) is 16.1. The van der Waals surface area contributed by atoms with E-state index in [2.05, 4.69) is 15.3 Å². The number of rotatable bonds is 6. The molecule has 0 fully saturated rings. The zero-order valence-corrected chi connectivity index (χ0v) is 17.7. The molecule has 3 heterocycles. The van der Waals surface area contributed by atoms with Crippen LogP contribution in [-0.4, -0.2) is 37.2 Å². The Labute approximate surface area is 176 Å². The second-order valence-corrected chi connectivity index (χ2v) is 8.45. The lowest BCUT2D eigenvalue weighted by Crippen LogP contribution is -2.21. The molecular formula is C20H19N3O4S2. The van der Waals surface area contributed by atoms with Gasteiger partial charge in [0.1, 0.15) is 5.01 Å². The largest absolute Gasteiger partial charge is 0.493 e. The summed E-state index contributed by atoms with van der Waals surface area (Å²) in [6.07, 6.45) is 6.36. The van der Waals surface area contributed by atoms with Crippen molar-refractivity contribution in [1.82, 2.24) is 15.3 Å². The fourth-order valence-electron chi connectivity index (χ4n) is 3.09. The first-order chi connectivity index (χ1) is 14.1. The van der Waals surface area contributed by atoms with Gasteiger partial charge in [0.2, 0.25) is 5.75 Å². The van der Waals surface area contributed by atoms with Gasteiger partial charge in [-0.05, 0) is 24.6 Å². The van der Waals surface area contributed by atoms with Crippen molar-refractivity contribution < 1.29 is 19.0 Å². The number of nitrogens with one attached hydrogen (secondary N) is 1. The molecular weight excluding hydrogens is 410 g/mol. The molecule has 1 aliphatic rings. The molecule has 1 aliphatic heterocycles. The summed E-state index contributed by atoms with van der Waals surface area (Å²) in [5.74, 6) is 0.955. The molecule has 1 atom stereocenters. The van der Waals surface area contributed by atoms with Gasteiger partial charge in [-0.25, -0.2) is 4.98 Å². The Balaban J connectivity index is 1.49. The van der Waals surface area contributed by atoms with Gasteiger partial charge in [0, 0.05) is 6.20 Å². The molecule has 3 aromatic rings. The number of nitrogens with zero attached hydrogens (tertiary/aromatic N) is 2. The average molecular weight is 430 g/mol. The third-order valence-corrected chi connectivity index (χ3v) is 6.98. The Bertz CT molecular complexity index is 1060. The van der Waals surface area contributed by atoms with Crippen LogP contribution < -0.4 is 19.5 Å². The number of allylic oxidation sites excluding steroid dienone is 1. The third-order valence-electron chi connectivity index (χ3n) is 4.45. The van der Waals surface area contributed by atoms with Crippen molar-refractivity contribution in [3.63, 3.8) is 0 Å². The highest BCUT2D eigenvalue weighted by atomic mass is 32.2. The molecule has 0 saturated heterocycles. The standard InChI is InChI=1S/C20H19N3O4S2/c1-25-13-5-4-11(17(26-2)18(13)27-3)19(24)23-16-7-6-15(28-16)20-22-12-10-21-9-8-14(12)29-20/h4-5,7-10,15H,6H2,1-3H3,(H,23,24). The first-order valence-corrected chi connectivity index (χ1v) is 10.5. The molecule has 0 spiro atoms. The second-order valence-electron chi connectivity index (χ2n) is 6.14. The van der Waals surface area contributed by atoms with Crippen molar-refractivity contribution in [2.75, 3.05) is 21.3 Å². The van der Waals surface area contributed by atoms with E-state index in [0.717, 1.165) is 26.7 Å². The first kappa shape index (κ1) is 19.5. The van der Waals surface area contributed by atoms with E-state index in [0.29, 0.717) is 22.8 Å². The Kier molecular flexibility index (Phi) is 5.59. The normalized spacial score (nSPS) is 15.8. The van der Waals surface area contributed by atoms with Crippen molar-refractivity contribution in [3.05, 3.63) is 52.3 Å². The Morgan fingerprint density at radius 3 is 2.69 bits per heavy atom. The van der Waals surface area contributed by atoms with Crippen LogP contribution in [0.4, 0.5) is 0 Å². The van der Waals surface area contributed by atoms with Crippen LogP contribution in [0.15, 0.2) is 41.7 Å². The van der Waals surface area contributed by atoms with Gasteiger partial charge in [0.25, 0.3) is 5.91 Å². The molecule has 0 bridgehead atoms. The number of carbonyl (C=O) groups is 1. The van der Waals surface area contributed by atoms with Crippen molar-refractivity contribution in [1.29, 1.82) is 0 Å². The predicted molar refractivity (Wildman–Crippen MR) is 114 cm³/mol. The number of hydrogen-bond donors (Lipinski definition) is 1. The fraction of sp³-hybridized carbons (Fsp3) is 0.250. The molecule has 1 aromatic carbocycles. The van der Waals surface area contributed by atoms with Gasteiger partial charge in [-0.1, -0.05) is 17.8 Å². The molecule has 150 valence electrons. The number of amides is 1. The summed E-state index contributed by atoms with van der Waals surface area (Å²) in [5.41, 5.74) is 1.28. The monoisotopic (exact) mass is 429 g/mol. The smallest absolute Gasteiger partial charge is 0.259 e. The Morgan fingerprint density at radius 1 is 1.14 bits per heavy atom. The highest BCUT2D eigenvalue weighted by Gasteiger charge is 2.26. The van der Waals surface area contributed by atoms with Gasteiger partial charge >= 0.3 is 0 Å². The SMILES string of the molecule is COc1ccc(C(=O)NC2=CCC(c3nc4cnccc4s3)S2)c(OC)c1OC. The number of hydrogen-bond acceptors (Lipinski definition) is 8. The minimum absolute atomic E-state index is 0.176. The molecule has 0 saturated carbocycles. The number of thiazole rings is 1. The maximum atomic E-state index is 12.9. The van der Waals surface area contributed by atoms with Crippen LogP contribution in [0.5, 0.6) is 17.2 Å². The number of carbonyl (C=O) groups excluding carboxylic acids is 1. The summed E-state index contributed by atoms with van der Waals surface area (Å²) in [6, 6.07) is 5.31. The maximum Gasteiger partial charge on any atom is 0.259 e. The molecule has 4 rings (SSSR count). The van der Waals surface area contributed by atoms with Gasteiger partial charge in [-0.15, -0.1) is 11.3 Å². The first-order valence-electron chi connectivity index (χ1n) is 8.82. The van der Waals surface area contributed by atoms with E-state index in [1.54, 1.807) is 47.6 Å². The number of benzene rings is 1. The van der Waals surface area contributed by atoms with E-state index < -0.39 is 0 Å². The van der Waals surface area contributed by atoms with Crippen LogP contribution >= 0.6 is 23.1 Å². The second kappa shape index (κ2) is 8.30. The fourth-order valence-corrected chi connectivity index (χ4v) is 5.30. The lowest BCUT2D eigenvalue weighted by Gasteiger charge is -2.15. The van der Waals surface area contributed by atoms with Crippen LogP contribution in [0.2, 0.25) is 0 Å². The molecule has 1 N–H and O–H groups in total. The van der Waals surface area contributed by atoms with E-state index in [4.69, 9.17) is 14.2 Å².